The van der Waals surface area contributed by atoms with E-state index < -0.39 is 0 Å². The van der Waals surface area contributed by atoms with Crippen molar-refractivity contribution in [3.63, 3.8) is 0 Å². The molecule has 3 N–H and O–H groups in total. The zero-order valence-corrected chi connectivity index (χ0v) is 17.2. The van der Waals surface area contributed by atoms with Gasteiger partial charge in [-0.05, 0) is 48.2 Å². The number of para-hydroxylation sites is 1. The number of aromatic nitrogens is 2. The molecule has 5 nitrogen and oxygen atoms in total. The van der Waals surface area contributed by atoms with Gasteiger partial charge in [0, 0.05) is 12.6 Å². The third kappa shape index (κ3) is 3.86. The van der Waals surface area contributed by atoms with E-state index in [1.807, 2.05) is 12.3 Å². The Bertz CT molecular complexity index is 1010. The molecule has 28 heavy (non-hydrogen) atoms. The lowest BCUT2D eigenvalue weighted by molar-refractivity contribution is 0.706. The first-order valence-electron chi connectivity index (χ1n) is 9.11. The van der Waals surface area contributed by atoms with Gasteiger partial charge >= 0.3 is 0 Å². The molecule has 0 bridgehead atoms. The van der Waals surface area contributed by atoms with E-state index in [9.17, 15) is 0 Å². The molecule has 144 valence electrons. The molecule has 1 aliphatic rings. The maximum atomic E-state index is 6.25. The van der Waals surface area contributed by atoms with E-state index in [0.717, 1.165) is 12.1 Å². The number of aromatic amines is 1. The lowest BCUT2D eigenvalue weighted by atomic mass is 9.94. The molecule has 0 amide bonds. The van der Waals surface area contributed by atoms with E-state index in [1.165, 1.54) is 22.3 Å². The van der Waals surface area contributed by atoms with E-state index in [-0.39, 0.29) is 6.04 Å². The molecule has 1 aromatic heterocycles. The van der Waals surface area contributed by atoms with Gasteiger partial charge in [-0.3, -0.25) is 4.99 Å². The van der Waals surface area contributed by atoms with Crippen LogP contribution >= 0.6 is 23.2 Å². The van der Waals surface area contributed by atoms with Crippen LogP contribution in [0.5, 0.6) is 0 Å². The highest BCUT2D eigenvalue weighted by molar-refractivity contribution is 6.39. The van der Waals surface area contributed by atoms with E-state index in [4.69, 9.17) is 23.2 Å². The SMILES string of the molecule is Cc1cc(C2CN=C(Nc3c(Cl)cccc3Cl)N2)cc(Cc2c[nH]cn2)c1C. The monoisotopic (exact) mass is 413 g/mol. The Labute approximate surface area is 174 Å². The van der Waals surface area contributed by atoms with Crippen LogP contribution in [0, 0.1) is 13.8 Å². The molecule has 0 saturated carbocycles. The molecule has 0 radical (unpaired) electrons. The number of rotatable bonds is 4. The van der Waals surface area contributed by atoms with Gasteiger partial charge in [-0.1, -0.05) is 41.4 Å². The van der Waals surface area contributed by atoms with Crippen LogP contribution in [0.2, 0.25) is 10.0 Å². The van der Waals surface area contributed by atoms with Crippen LogP contribution in [0.1, 0.15) is 34.0 Å². The third-order valence-electron chi connectivity index (χ3n) is 5.08. The van der Waals surface area contributed by atoms with E-state index >= 15 is 0 Å². The van der Waals surface area contributed by atoms with Crippen molar-refractivity contribution in [1.82, 2.24) is 15.3 Å². The number of nitrogens with one attached hydrogen (secondary N) is 3. The van der Waals surface area contributed by atoms with Gasteiger partial charge in [-0.2, -0.15) is 0 Å². The number of imidazole rings is 1. The van der Waals surface area contributed by atoms with Gasteiger partial charge in [0.25, 0.3) is 0 Å². The molecular weight excluding hydrogens is 393 g/mol. The molecule has 7 heteroatoms. The maximum absolute atomic E-state index is 6.25. The van der Waals surface area contributed by atoms with E-state index in [0.29, 0.717) is 28.2 Å². The van der Waals surface area contributed by atoms with Crippen LogP contribution in [0.25, 0.3) is 0 Å². The van der Waals surface area contributed by atoms with Gasteiger partial charge in [-0.25, -0.2) is 4.98 Å². The Morgan fingerprint density at radius 1 is 1.18 bits per heavy atom. The zero-order chi connectivity index (χ0) is 19.7. The summed E-state index contributed by atoms with van der Waals surface area (Å²) in [6.45, 7) is 4.95. The normalized spacial score (nSPS) is 16.0. The first-order valence-corrected chi connectivity index (χ1v) is 9.86. The molecule has 2 aromatic carbocycles. The summed E-state index contributed by atoms with van der Waals surface area (Å²) in [7, 11) is 0. The topological polar surface area (TPSA) is 65.1 Å². The van der Waals surface area contributed by atoms with E-state index in [2.05, 4.69) is 51.6 Å². The fourth-order valence-electron chi connectivity index (χ4n) is 3.37. The molecule has 0 fully saturated rings. The van der Waals surface area contributed by atoms with Crippen molar-refractivity contribution in [1.29, 1.82) is 0 Å². The predicted molar refractivity (Wildman–Crippen MR) is 116 cm³/mol. The van der Waals surface area contributed by atoms with E-state index in [1.54, 1.807) is 18.5 Å². The highest BCUT2D eigenvalue weighted by atomic mass is 35.5. The first-order chi connectivity index (χ1) is 13.5. The Balaban J connectivity index is 1.52. The number of nitrogens with zero attached hydrogens (tertiary/aromatic N) is 2. The number of guanidine groups is 1. The summed E-state index contributed by atoms with van der Waals surface area (Å²) in [6.07, 6.45) is 4.46. The standard InChI is InChI=1S/C21H21Cl2N5/c1-12-6-15(7-14(13(12)2)8-16-9-24-11-26-16)19-10-25-21(27-19)28-20-17(22)4-3-5-18(20)23/h3-7,9,11,19H,8,10H2,1-2H3,(H,24,26)(H2,25,27,28). The molecule has 1 unspecified atom stereocenters. The second kappa shape index (κ2) is 7.86. The molecule has 0 aliphatic carbocycles. The van der Waals surface area contributed by atoms with Crippen LogP contribution in [0.3, 0.4) is 0 Å². The summed E-state index contributed by atoms with van der Waals surface area (Å²) in [5, 5.41) is 7.78. The second-order valence-electron chi connectivity index (χ2n) is 6.97. The van der Waals surface area contributed by atoms with Crippen molar-refractivity contribution in [2.45, 2.75) is 26.3 Å². The molecular formula is C21H21Cl2N5. The number of H-pyrrole nitrogens is 1. The second-order valence-corrected chi connectivity index (χ2v) is 7.78. The minimum absolute atomic E-state index is 0.0981. The van der Waals surface area contributed by atoms with Crippen LogP contribution < -0.4 is 10.6 Å². The first kappa shape index (κ1) is 18.8. The number of aliphatic imine (C=N–C) groups is 1. The van der Waals surface area contributed by atoms with Gasteiger partial charge in [0.1, 0.15) is 0 Å². The van der Waals surface area contributed by atoms with Crippen molar-refractivity contribution in [2.75, 3.05) is 11.9 Å². The summed E-state index contributed by atoms with van der Waals surface area (Å²) in [4.78, 5) is 12.0. The Morgan fingerprint density at radius 2 is 1.96 bits per heavy atom. The van der Waals surface area contributed by atoms with Gasteiger partial charge in [0.15, 0.2) is 5.96 Å². The number of anilines is 1. The number of hydrogen-bond donors (Lipinski definition) is 3. The Morgan fingerprint density at radius 3 is 2.68 bits per heavy atom. The van der Waals surface area contributed by atoms with Crippen molar-refractivity contribution in [3.8, 4) is 0 Å². The fourth-order valence-corrected chi connectivity index (χ4v) is 3.86. The summed E-state index contributed by atoms with van der Waals surface area (Å²) < 4.78 is 0. The Hall–Kier alpha value is -2.50. The van der Waals surface area contributed by atoms with Gasteiger partial charge < -0.3 is 15.6 Å². The number of benzene rings is 2. The van der Waals surface area contributed by atoms with Gasteiger partial charge in [0.05, 0.1) is 40.3 Å². The summed E-state index contributed by atoms with van der Waals surface area (Å²) >= 11 is 12.5. The lowest BCUT2D eigenvalue weighted by Gasteiger charge is -2.18. The minimum Gasteiger partial charge on any atom is -0.351 e. The van der Waals surface area contributed by atoms with Crippen molar-refractivity contribution in [3.05, 3.63) is 80.8 Å². The summed E-state index contributed by atoms with van der Waals surface area (Å²) in [5.74, 6) is 0.673. The average Bonchev–Trinajstić information content (AvgIpc) is 3.34. The lowest BCUT2D eigenvalue weighted by Crippen LogP contribution is -2.29. The molecule has 1 atom stereocenters. The van der Waals surface area contributed by atoms with Crippen LogP contribution in [-0.2, 0) is 6.42 Å². The highest BCUT2D eigenvalue weighted by Gasteiger charge is 2.22. The van der Waals surface area contributed by atoms with Crippen molar-refractivity contribution in [2.24, 2.45) is 4.99 Å². The fraction of sp³-hybridized carbons (Fsp3) is 0.238. The summed E-state index contributed by atoms with van der Waals surface area (Å²) in [6, 6.07) is 9.98. The van der Waals surface area contributed by atoms with Crippen molar-refractivity contribution < 1.29 is 0 Å². The van der Waals surface area contributed by atoms with Crippen LogP contribution in [-0.4, -0.2) is 22.5 Å². The van der Waals surface area contributed by atoms with Crippen molar-refractivity contribution >= 4 is 34.8 Å². The molecule has 1 aliphatic heterocycles. The molecule has 3 aromatic rings. The number of aryl methyl sites for hydroxylation is 1. The maximum Gasteiger partial charge on any atom is 0.196 e. The van der Waals surface area contributed by atoms with Crippen LogP contribution in [0.15, 0.2) is 47.8 Å². The highest BCUT2D eigenvalue weighted by Crippen LogP contribution is 2.31. The average molecular weight is 414 g/mol. The van der Waals surface area contributed by atoms with Gasteiger partial charge in [0.2, 0.25) is 0 Å². The smallest absolute Gasteiger partial charge is 0.196 e. The summed E-state index contributed by atoms with van der Waals surface area (Å²) in [5.41, 5.74) is 6.74. The minimum atomic E-state index is 0.0981. The number of hydrogen-bond acceptors (Lipinski definition) is 4. The quantitative estimate of drug-likeness (QED) is 0.561. The van der Waals surface area contributed by atoms with Crippen LogP contribution in [0.4, 0.5) is 5.69 Å². The third-order valence-corrected chi connectivity index (χ3v) is 5.71. The molecule has 0 saturated heterocycles. The number of halogens is 2. The van der Waals surface area contributed by atoms with Gasteiger partial charge in [-0.15, -0.1) is 0 Å². The Kier molecular flexibility index (Phi) is 5.29. The zero-order valence-electron chi connectivity index (χ0n) is 15.7. The molecule has 0 spiro atoms. The largest absolute Gasteiger partial charge is 0.351 e. The molecule has 4 rings (SSSR count). The predicted octanol–water partition coefficient (Wildman–Crippen LogP) is 5.04. The molecule has 2 heterocycles.